The van der Waals surface area contributed by atoms with E-state index in [9.17, 15) is 30.0 Å². The molecule has 0 aliphatic heterocycles. The highest BCUT2D eigenvalue weighted by Crippen LogP contribution is 2.29. The van der Waals surface area contributed by atoms with Crippen LogP contribution in [0, 0.1) is 0 Å². The van der Waals surface area contributed by atoms with Crippen LogP contribution in [0.1, 0.15) is 5.56 Å². The second-order valence-corrected chi connectivity index (χ2v) is 10.2. The summed E-state index contributed by atoms with van der Waals surface area (Å²) in [4.78, 5) is 1.27. The van der Waals surface area contributed by atoms with Gasteiger partial charge in [0.1, 0.15) is 5.75 Å². The fourth-order valence-electron chi connectivity index (χ4n) is 2.49. The smallest absolute Gasteiger partial charge is 0.406 e. The van der Waals surface area contributed by atoms with E-state index in [0.29, 0.717) is 5.56 Å². The molecule has 6 nitrogen and oxygen atoms in total. The van der Waals surface area contributed by atoms with E-state index in [4.69, 9.17) is 0 Å². The lowest BCUT2D eigenvalue weighted by molar-refractivity contribution is -0.274. The summed E-state index contributed by atoms with van der Waals surface area (Å²) in [5.41, 5.74) is 0.870. The number of sulfone groups is 2. The lowest BCUT2D eigenvalue weighted by Gasteiger charge is -2.22. The largest absolute Gasteiger partial charge is 0.573 e. The molecule has 0 bridgehead atoms. The molecule has 0 spiro atoms. The van der Waals surface area contributed by atoms with Gasteiger partial charge < -0.3 is 9.64 Å². The number of halogens is 3. The molecule has 0 saturated heterocycles. The molecule has 28 heavy (non-hydrogen) atoms. The molecule has 0 aliphatic rings. The minimum absolute atomic E-state index is 0.126. The average molecular weight is 437 g/mol. The lowest BCUT2D eigenvalue weighted by atomic mass is 10.2. The monoisotopic (exact) mass is 437 g/mol. The number of rotatable bonds is 6. The molecule has 0 aliphatic carbocycles. The molecule has 0 unspecified atom stereocenters. The Kier molecular flexibility index (Phi) is 6.00. The second-order valence-electron chi connectivity index (χ2n) is 6.22. The third kappa shape index (κ3) is 5.86. The minimum Gasteiger partial charge on any atom is -0.406 e. The van der Waals surface area contributed by atoms with Crippen LogP contribution in [0.15, 0.2) is 52.3 Å². The van der Waals surface area contributed by atoms with Gasteiger partial charge in [0.2, 0.25) is 0 Å². The van der Waals surface area contributed by atoms with Gasteiger partial charge >= 0.3 is 6.36 Å². The van der Waals surface area contributed by atoms with Crippen LogP contribution in [0.3, 0.4) is 0 Å². The molecule has 0 saturated carbocycles. The van der Waals surface area contributed by atoms with Crippen molar-refractivity contribution in [3.05, 3.63) is 48.0 Å². The maximum Gasteiger partial charge on any atom is 0.573 e. The predicted octanol–water partition coefficient (Wildman–Crippen LogP) is 3.03. The van der Waals surface area contributed by atoms with E-state index in [-0.39, 0.29) is 27.8 Å². The first-order chi connectivity index (χ1) is 12.7. The SMILES string of the molecule is CN(Cc1ccc(OC(F)(F)F)cc1)c1ccc(S(C)(=O)=O)cc1S(C)(=O)=O. The van der Waals surface area contributed by atoms with Crippen LogP contribution >= 0.6 is 0 Å². The van der Waals surface area contributed by atoms with Crippen LogP contribution < -0.4 is 9.64 Å². The van der Waals surface area contributed by atoms with E-state index >= 15 is 0 Å². The Hall–Kier alpha value is -2.27. The third-order valence-electron chi connectivity index (χ3n) is 3.75. The van der Waals surface area contributed by atoms with Crippen molar-refractivity contribution in [2.45, 2.75) is 22.7 Å². The van der Waals surface area contributed by atoms with Crippen LogP contribution in [0.25, 0.3) is 0 Å². The van der Waals surface area contributed by atoms with Gasteiger partial charge in [0.25, 0.3) is 0 Å². The molecule has 154 valence electrons. The summed E-state index contributed by atoms with van der Waals surface area (Å²) in [6.07, 6.45) is -2.85. The first-order valence-corrected chi connectivity index (χ1v) is 11.5. The molecule has 2 rings (SSSR count). The van der Waals surface area contributed by atoms with Gasteiger partial charge in [0.15, 0.2) is 19.7 Å². The maximum atomic E-state index is 12.2. The molecule has 0 fully saturated rings. The van der Waals surface area contributed by atoms with Crippen molar-refractivity contribution in [1.29, 1.82) is 0 Å². The van der Waals surface area contributed by atoms with E-state index in [1.165, 1.54) is 24.3 Å². The number of hydrogen-bond donors (Lipinski definition) is 0. The minimum atomic E-state index is -4.79. The number of anilines is 1. The van der Waals surface area contributed by atoms with Gasteiger partial charge in [0, 0.05) is 26.1 Å². The topological polar surface area (TPSA) is 80.8 Å². The van der Waals surface area contributed by atoms with Crippen LogP contribution in [0.4, 0.5) is 18.9 Å². The Balaban J connectivity index is 2.32. The fraction of sp³-hybridized carbons (Fsp3) is 0.294. The second kappa shape index (κ2) is 7.63. The van der Waals surface area contributed by atoms with Crippen molar-refractivity contribution < 1.29 is 34.7 Å². The predicted molar refractivity (Wildman–Crippen MR) is 97.9 cm³/mol. The quantitative estimate of drug-likeness (QED) is 0.691. The summed E-state index contributed by atoms with van der Waals surface area (Å²) in [7, 11) is -5.74. The fourth-order valence-corrected chi connectivity index (χ4v) is 4.16. The molecule has 0 amide bonds. The van der Waals surface area contributed by atoms with Gasteiger partial charge in [0.05, 0.1) is 15.5 Å². The first kappa shape index (κ1) is 22.0. The summed E-state index contributed by atoms with van der Waals surface area (Å²) >= 11 is 0. The normalized spacial score (nSPS) is 12.6. The zero-order valence-electron chi connectivity index (χ0n) is 15.2. The molecule has 0 aromatic heterocycles. The number of nitrogens with zero attached hydrogens (tertiary/aromatic N) is 1. The molecule has 2 aromatic rings. The highest BCUT2D eigenvalue weighted by molar-refractivity contribution is 7.91. The van der Waals surface area contributed by atoms with Gasteiger partial charge in [-0.25, -0.2) is 16.8 Å². The standard InChI is InChI=1S/C17H18F3NO5S2/c1-21(11-12-4-6-13(7-5-12)26-17(18,19)20)15-9-8-14(27(2,22)23)10-16(15)28(3,24)25/h4-10H,11H2,1-3H3. The van der Waals surface area contributed by atoms with Crippen molar-refractivity contribution >= 4 is 25.4 Å². The van der Waals surface area contributed by atoms with Crippen molar-refractivity contribution in [2.75, 3.05) is 24.5 Å². The Morgan fingerprint density at radius 2 is 1.50 bits per heavy atom. The molecule has 2 aromatic carbocycles. The molecular formula is C17H18F3NO5S2. The van der Waals surface area contributed by atoms with Gasteiger partial charge in [-0.05, 0) is 35.9 Å². The Morgan fingerprint density at radius 3 is 1.96 bits per heavy atom. The van der Waals surface area contributed by atoms with Gasteiger partial charge in [-0.15, -0.1) is 13.2 Å². The summed E-state index contributed by atoms with van der Waals surface area (Å²) in [5, 5.41) is 0. The van der Waals surface area contributed by atoms with E-state index in [2.05, 4.69) is 4.74 Å². The Morgan fingerprint density at radius 1 is 0.929 bits per heavy atom. The summed E-state index contributed by atoms with van der Waals surface area (Å²) < 4.78 is 88.1. The highest BCUT2D eigenvalue weighted by atomic mass is 32.2. The van der Waals surface area contributed by atoms with Crippen molar-refractivity contribution in [3.8, 4) is 5.75 Å². The molecule has 0 atom stereocenters. The van der Waals surface area contributed by atoms with Crippen molar-refractivity contribution in [3.63, 3.8) is 0 Å². The maximum absolute atomic E-state index is 12.2. The van der Waals surface area contributed by atoms with Gasteiger partial charge in [-0.2, -0.15) is 0 Å². The summed E-state index contributed by atoms with van der Waals surface area (Å²) in [6, 6.07) is 8.92. The van der Waals surface area contributed by atoms with Crippen LogP contribution in [-0.2, 0) is 26.2 Å². The zero-order valence-corrected chi connectivity index (χ0v) is 16.8. The molecule has 11 heteroatoms. The van der Waals surface area contributed by atoms with Crippen LogP contribution in [0.2, 0.25) is 0 Å². The third-order valence-corrected chi connectivity index (χ3v) is 5.98. The number of hydrogen-bond acceptors (Lipinski definition) is 6. The summed E-state index contributed by atoms with van der Waals surface area (Å²) in [6.45, 7) is 0.174. The van der Waals surface area contributed by atoms with Crippen LogP contribution in [-0.4, -0.2) is 42.8 Å². The molecule has 0 heterocycles. The van der Waals surface area contributed by atoms with Crippen LogP contribution in [0.5, 0.6) is 5.75 Å². The first-order valence-electron chi connectivity index (χ1n) is 7.77. The Bertz CT molecular complexity index is 1060. The van der Waals surface area contributed by atoms with Crippen molar-refractivity contribution in [1.82, 2.24) is 0 Å². The molecule has 0 radical (unpaired) electrons. The van der Waals surface area contributed by atoms with E-state index < -0.39 is 26.0 Å². The van der Waals surface area contributed by atoms with Gasteiger partial charge in [-0.3, -0.25) is 0 Å². The molecule has 0 N–H and O–H groups in total. The van der Waals surface area contributed by atoms with Crippen molar-refractivity contribution in [2.24, 2.45) is 0 Å². The number of benzene rings is 2. The number of alkyl halides is 3. The average Bonchev–Trinajstić information content (AvgIpc) is 2.53. The van der Waals surface area contributed by atoms with E-state index in [1.807, 2.05) is 0 Å². The number of ether oxygens (including phenoxy) is 1. The molecular weight excluding hydrogens is 419 g/mol. The van der Waals surface area contributed by atoms with Gasteiger partial charge in [-0.1, -0.05) is 12.1 Å². The van der Waals surface area contributed by atoms with E-state index in [0.717, 1.165) is 30.7 Å². The zero-order chi connectivity index (χ0) is 21.3. The Labute approximate surface area is 161 Å². The lowest BCUT2D eigenvalue weighted by Crippen LogP contribution is -2.20. The summed E-state index contributed by atoms with van der Waals surface area (Å²) in [5.74, 6) is -0.367. The van der Waals surface area contributed by atoms with E-state index in [1.54, 1.807) is 11.9 Å². The highest BCUT2D eigenvalue weighted by Gasteiger charge is 2.31.